The summed E-state index contributed by atoms with van der Waals surface area (Å²) < 4.78 is 17.0. The molecule has 22 heavy (non-hydrogen) atoms. The van der Waals surface area contributed by atoms with Crippen LogP contribution in [0.25, 0.3) is 0 Å². The molecule has 0 aromatic heterocycles. The van der Waals surface area contributed by atoms with Crippen LogP contribution in [0, 0.1) is 0 Å². The molecule has 0 saturated carbocycles. The van der Waals surface area contributed by atoms with Crippen molar-refractivity contribution in [2.45, 2.75) is 33.2 Å². The number of nitrogens with two attached hydrogens (primary N) is 1. The van der Waals surface area contributed by atoms with Gasteiger partial charge in [0.2, 0.25) is 0 Å². The maximum Gasteiger partial charge on any atom is 0.500 e. The van der Waals surface area contributed by atoms with E-state index in [1.807, 2.05) is 20.8 Å². The molecule has 4 N–H and O–H groups in total. The Kier molecular flexibility index (Phi) is 15.3. The molecule has 0 aromatic carbocycles. The number of carboxylic acids is 2. The lowest BCUT2D eigenvalue weighted by Gasteiger charge is -2.28. The SMILES string of the molecule is CCO[Si](CCCN)(OCC)OCC.O=C(O)/C=C\C(=O)O. The van der Waals surface area contributed by atoms with E-state index in [0.717, 1.165) is 12.5 Å². The molecular formula is C13H27NO7Si. The van der Waals surface area contributed by atoms with E-state index in [4.69, 9.17) is 29.2 Å². The van der Waals surface area contributed by atoms with E-state index in [9.17, 15) is 9.59 Å². The number of carbonyl (C=O) groups is 2. The molecule has 9 heteroatoms. The molecule has 0 aliphatic rings. The van der Waals surface area contributed by atoms with E-state index in [2.05, 4.69) is 0 Å². The van der Waals surface area contributed by atoms with E-state index in [-0.39, 0.29) is 0 Å². The highest BCUT2D eigenvalue weighted by molar-refractivity contribution is 6.60. The van der Waals surface area contributed by atoms with Crippen molar-refractivity contribution in [3.8, 4) is 0 Å². The first-order valence-electron chi connectivity index (χ1n) is 7.13. The van der Waals surface area contributed by atoms with Gasteiger partial charge in [-0.3, -0.25) is 0 Å². The molecule has 0 heterocycles. The Morgan fingerprint density at radius 2 is 1.32 bits per heavy atom. The Morgan fingerprint density at radius 1 is 0.955 bits per heavy atom. The van der Waals surface area contributed by atoms with Gasteiger partial charge in [0.15, 0.2) is 0 Å². The second-order valence-electron chi connectivity index (χ2n) is 3.88. The van der Waals surface area contributed by atoms with Crippen LogP contribution in [0.15, 0.2) is 12.2 Å². The zero-order valence-electron chi connectivity index (χ0n) is 13.4. The summed E-state index contributed by atoms with van der Waals surface area (Å²) in [6, 6.07) is 0.818. The maximum atomic E-state index is 9.55. The van der Waals surface area contributed by atoms with Crippen LogP contribution in [0.3, 0.4) is 0 Å². The second-order valence-corrected chi connectivity index (χ2v) is 6.62. The van der Waals surface area contributed by atoms with Gasteiger partial charge in [-0.1, -0.05) is 0 Å². The van der Waals surface area contributed by atoms with Crippen LogP contribution in [0.1, 0.15) is 27.2 Å². The Hall–Kier alpha value is -1.26. The van der Waals surface area contributed by atoms with Crippen molar-refractivity contribution in [3.05, 3.63) is 12.2 Å². The van der Waals surface area contributed by atoms with Crippen LogP contribution >= 0.6 is 0 Å². The van der Waals surface area contributed by atoms with Gasteiger partial charge in [-0.2, -0.15) is 0 Å². The first-order chi connectivity index (χ1) is 10.4. The molecule has 0 radical (unpaired) electrons. The summed E-state index contributed by atoms with van der Waals surface area (Å²) in [5.41, 5.74) is 5.48. The van der Waals surface area contributed by atoms with Crippen molar-refractivity contribution in [2.75, 3.05) is 26.4 Å². The third kappa shape index (κ3) is 13.7. The van der Waals surface area contributed by atoms with E-state index < -0.39 is 20.7 Å². The van der Waals surface area contributed by atoms with Gasteiger partial charge in [-0.05, 0) is 33.7 Å². The predicted octanol–water partition coefficient (Wildman–Crippen LogP) is 1.10. The number of hydrogen-bond donors (Lipinski definition) is 3. The quantitative estimate of drug-likeness (QED) is 0.377. The van der Waals surface area contributed by atoms with Gasteiger partial charge >= 0.3 is 20.7 Å². The molecule has 0 aliphatic heterocycles. The summed E-state index contributed by atoms with van der Waals surface area (Å²) in [6.45, 7) is 8.44. The average Bonchev–Trinajstić information content (AvgIpc) is 2.44. The van der Waals surface area contributed by atoms with Gasteiger partial charge in [-0.15, -0.1) is 0 Å². The monoisotopic (exact) mass is 337 g/mol. The molecular weight excluding hydrogens is 310 g/mol. The molecule has 0 amide bonds. The number of hydrogen-bond acceptors (Lipinski definition) is 6. The normalized spacial score (nSPS) is 11.1. The lowest BCUT2D eigenvalue weighted by Crippen LogP contribution is -2.46. The van der Waals surface area contributed by atoms with Crippen molar-refractivity contribution in [1.29, 1.82) is 0 Å². The third-order valence-electron chi connectivity index (χ3n) is 2.15. The molecule has 0 spiro atoms. The number of aliphatic carboxylic acids is 2. The Morgan fingerprint density at radius 3 is 1.55 bits per heavy atom. The minimum Gasteiger partial charge on any atom is -0.478 e. The van der Waals surface area contributed by atoms with Crippen LogP contribution in [0.2, 0.25) is 6.04 Å². The molecule has 0 atom stereocenters. The van der Waals surface area contributed by atoms with E-state index in [1.54, 1.807) is 0 Å². The lowest BCUT2D eigenvalue weighted by molar-refractivity contribution is -0.134. The van der Waals surface area contributed by atoms with Crippen molar-refractivity contribution >= 4 is 20.7 Å². The van der Waals surface area contributed by atoms with Crippen LogP contribution in [0.4, 0.5) is 0 Å². The van der Waals surface area contributed by atoms with E-state index in [0.29, 0.717) is 38.5 Å². The second kappa shape index (κ2) is 14.7. The summed E-state index contributed by atoms with van der Waals surface area (Å²) in [4.78, 5) is 19.1. The van der Waals surface area contributed by atoms with Crippen LogP contribution in [-0.2, 0) is 22.9 Å². The maximum absolute atomic E-state index is 9.55. The molecule has 0 rings (SSSR count). The molecule has 0 bridgehead atoms. The van der Waals surface area contributed by atoms with Gasteiger partial charge in [0.05, 0.1) is 0 Å². The number of rotatable bonds is 11. The van der Waals surface area contributed by atoms with Gasteiger partial charge in [-0.25, -0.2) is 9.59 Å². The largest absolute Gasteiger partial charge is 0.500 e. The van der Waals surface area contributed by atoms with Gasteiger partial charge < -0.3 is 29.2 Å². The highest BCUT2D eigenvalue weighted by atomic mass is 28.4. The van der Waals surface area contributed by atoms with E-state index >= 15 is 0 Å². The Bertz CT molecular complexity index is 303. The molecule has 8 nitrogen and oxygen atoms in total. The minimum absolute atomic E-state index is 0.558. The molecule has 0 aromatic rings. The average molecular weight is 337 g/mol. The first-order valence-corrected chi connectivity index (χ1v) is 9.06. The van der Waals surface area contributed by atoms with Crippen molar-refractivity contribution in [2.24, 2.45) is 5.73 Å². The molecule has 130 valence electrons. The van der Waals surface area contributed by atoms with Gasteiger partial charge in [0.1, 0.15) is 0 Å². The van der Waals surface area contributed by atoms with E-state index in [1.165, 1.54) is 0 Å². The first kappa shape index (κ1) is 23.0. The Balaban J connectivity index is 0. The van der Waals surface area contributed by atoms with Crippen LogP contribution in [-0.4, -0.2) is 57.3 Å². The standard InChI is InChI=1S/C9H23NO3Si.C4H4O4/c1-4-11-14(12-5-2,13-6-3)9-7-8-10;5-3(6)1-2-4(7)8/h4-10H2,1-3H3;1-2H,(H,5,6)(H,7,8)/b;2-1-. The van der Waals surface area contributed by atoms with Crippen molar-refractivity contribution in [1.82, 2.24) is 0 Å². The molecule has 0 aliphatic carbocycles. The molecule has 0 unspecified atom stereocenters. The van der Waals surface area contributed by atoms with Crippen LogP contribution < -0.4 is 5.73 Å². The number of carboxylic acid groups (broad SMARTS) is 2. The minimum atomic E-state index is -2.40. The van der Waals surface area contributed by atoms with Gasteiger partial charge in [0, 0.05) is 38.0 Å². The summed E-state index contributed by atoms with van der Waals surface area (Å²) in [7, 11) is -2.40. The lowest BCUT2D eigenvalue weighted by atomic mass is 10.5. The molecule has 0 saturated heterocycles. The van der Waals surface area contributed by atoms with Gasteiger partial charge in [0.25, 0.3) is 0 Å². The molecule has 0 fully saturated rings. The van der Waals surface area contributed by atoms with Crippen molar-refractivity contribution < 1.29 is 33.1 Å². The van der Waals surface area contributed by atoms with Crippen LogP contribution in [0.5, 0.6) is 0 Å². The fourth-order valence-corrected chi connectivity index (χ4v) is 4.10. The predicted molar refractivity (Wildman–Crippen MR) is 83.5 cm³/mol. The highest BCUT2D eigenvalue weighted by Gasteiger charge is 2.39. The summed E-state index contributed by atoms with van der Waals surface area (Å²) in [5.74, 6) is -2.51. The fourth-order valence-electron chi connectivity index (χ4n) is 1.46. The summed E-state index contributed by atoms with van der Waals surface area (Å²) >= 11 is 0. The topological polar surface area (TPSA) is 128 Å². The summed E-state index contributed by atoms with van der Waals surface area (Å²) in [6.07, 6.45) is 2.01. The van der Waals surface area contributed by atoms with Crippen molar-refractivity contribution in [3.63, 3.8) is 0 Å². The third-order valence-corrected chi connectivity index (χ3v) is 5.30. The highest BCUT2D eigenvalue weighted by Crippen LogP contribution is 2.17. The summed E-state index contributed by atoms with van der Waals surface area (Å²) in [5, 5.41) is 15.6. The Labute approximate surface area is 132 Å². The smallest absolute Gasteiger partial charge is 0.478 e. The fraction of sp³-hybridized carbons (Fsp3) is 0.692. The zero-order valence-corrected chi connectivity index (χ0v) is 14.4. The zero-order chi connectivity index (χ0) is 17.4.